The number of ether oxygens (including phenoxy) is 1. The summed E-state index contributed by atoms with van der Waals surface area (Å²) in [5.41, 5.74) is 3.69. The number of aliphatic hydroxyl groups excluding tert-OH is 1. The van der Waals surface area contributed by atoms with Crippen LogP contribution in [-0.2, 0) is 24.2 Å². The quantitative estimate of drug-likeness (QED) is 0.554. The van der Waals surface area contributed by atoms with Gasteiger partial charge in [-0.3, -0.25) is 4.90 Å². The maximum Gasteiger partial charge on any atom is 0.0707 e. The average molecular weight is 379 g/mol. The molecule has 0 spiro atoms. The van der Waals surface area contributed by atoms with Crippen molar-refractivity contribution in [3.8, 4) is 0 Å². The highest BCUT2D eigenvalue weighted by Crippen LogP contribution is 2.12. The molecule has 1 atom stereocenters. The predicted octanol–water partition coefficient (Wildman–Crippen LogP) is 3.59. The smallest absolute Gasteiger partial charge is 0.0707 e. The highest BCUT2D eigenvalue weighted by molar-refractivity contribution is 5.18. The van der Waals surface area contributed by atoms with E-state index in [1.807, 2.05) is 24.3 Å². The van der Waals surface area contributed by atoms with Gasteiger partial charge in [0.15, 0.2) is 0 Å². The Hall–Kier alpha value is -2.40. The zero-order valence-corrected chi connectivity index (χ0v) is 16.6. The standard InChI is InChI=1S/C24H30N2O2/c1-28-16-15-25(20-24(27)17-21-9-4-2-5-10-21)19-23-13-8-14-26(23)18-22-11-6-3-7-12-22/h2-14,24,27H,15-20H2,1H3. The number of aliphatic hydroxyl groups is 1. The summed E-state index contributed by atoms with van der Waals surface area (Å²) in [7, 11) is 1.72. The van der Waals surface area contributed by atoms with Crippen molar-refractivity contribution in [3.63, 3.8) is 0 Å². The lowest BCUT2D eigenvalue weighted by molar-refractivity contribution is 0.0839. The van der Waals surface area contributed by atoms with Gasteiger partial charge in [0.2, 0.25) is 0 Å². The van der Waals surface area contributed by atoms with Crippen molar-refractivity contribution in [2.24, 2.45) is 0 Å². The highest BCUT2D eigenvalue weighted by Gasteiger charge is 2.14. The lowest BCUT2D eigenvalue weighted by Crippen LogP contribution is -2.36. The molecule has 3 aromatic rings. The first-order valence-electron chi connectivity index (χ1n) is 9.86. The van der Waals surface area contributed by atoms with Crippen molar-refractivity contribution in [3.05, 3.63) is 95.8 Å². The SMILES string of the molecule is COCCN(Cc1cccn1Cc1ccccc1)CC(O)Cc1ccccc1. The fourth-order valence-corrected chi connectivity index (χ4v) is 3.46. The van der Waals surface area contributed by atoms with Crippen LogP contribution < -0.4 is 0 Å². The van der Waals surface area contributed by atoms with Gasteiger partial charge in [0.25, 0.3) is 0 Å². The monoisotopic (exact) mass is 378 g/mol. The molecule has 0 saturated carbocycles. The number of nitrogens with zero attached hydrogens (tertiary/aromatic N) is 2. The molecule has 1 unspecified atom stereocenters. The summed E-state index contributed by atoms with van der Waals surface area (Å²) in [6, 6.07) is 24.9. The lowest BCUT2D eigenvalue weighted by atomic mass is 10.1. The Kier molecular flexibility index (Phi) is 7.85. The maximum atomic E-state index is 10.6. The summed E-state index contributed by atoms with van der Waals surface area (Å²) < 4.78 is 7.56. The van der Waals surface area contributed by atoms with Gasteiger partial charge in [-0.1, -0.05) is 60.7 Å². The van der Waals surface area contributed by atoms with Crippen LogP contribution in [0.5, 0.6) is 0 Å². The van der Waals surface area contributed by atoms with Gasteiger partial charge in [0.1, 0.15) is 0 Å². The van der Waals surface area contributed by atoms with Crippen LogP contribution in [0.1, 0.15) is 16.8 Å². The summed E-state index contributed by atoms with van der Waals surface area (Å²) in [6.07, 6.45) is 2.38. The van der Waals surface area contributed by atoms with E-state index in [4.69, 9.17) is 4.74 Å². The van der Waals surface area contributed by atoms with E-state index in [0.717, 1.165) is 25.2 Å². The summed E-state index contributed by atoms with van der Waals surface area (Å²) >= 11 is 0. The minimum atomic E-state index is -0.406. The Morgan fingerprint density at radius 3 is 2.29 bits per heavy atom. The fourth-order valence-electron chi connectivity index (χ4n) is 3.46. The van der Waals surface area contributed by atoms with E-state index in [-0.39, 0.29) is 0 Å². The molecule has 4 heteroatoms. The van der Waals surface area contributed by atoms with Gasteiger partial charge < -0.3 is 14.4 Å². The third kappa shape index (κ3) is 6.34. The molecule has 1 N–H and O–H groups in total. The van der Waals surface area contributed by atoms with Crippen molar-refractivity contribution < 1.29 is 9.84 Å². The molecule has 2 aromatic carbocycles. The number of rotatable bonds is 11. The van der Waals surface area contributed by atoms with Crippen molar-refractivity contribution in [1.29, 1.82) is 0 Å². The van der Waals surface area contributed by atoms with E-state index in [9.17, 15) is 5.11 Å². The average Bonchev–Trinajstić information content (AvgIpc) is 3.14. The third-order valence-corrected chi connectivity index (χ3v) is 4.90. The molecule has 148 valence electrons. The summed E-state index contributed by atoms with van der Waals surface area (Å²) in [6.45, 7) is 3.70. The molecule has 28 heavy (non-hydrogen) atoms. The molecule has 0 bridgehead atoms. The van der Waals surface area contributed by atoms with Crippen LogP contribution in [0, 0.1) is 0 Å². The van der Waals surface area contributed by atoms with Crippen molar-refractivity contribution in [2.75, 3.05) is 26.8 Å². The van der Waals surface area contributed by atoms with Gasteiger partial charge in [-0.05, 0) is 29.7 Å². The van der Waals surface area contributed by atoms with E-state index in [1.54, 1.807) is 7.11 Å². The molecule has 0 aliphatic heterocycles. The Bertz CT molecular complexity index is 802. The summed E-state index contributed by atoms with van der Waals surface area (Å²) in [5, 5.41) is 10.6. The fraction of sp³-hybridized carbons (Fsp3) is 0.333. The minimum absolute atomic E-state index is 0.406. The first-order chi connectivity index (χ1) is 13.7. The van der Waals surface area contributed by atoms with Crippen molar-refractivity contribution in [2.45, 2.75) is 25.6 Å². The minimum Gasteiger partial charge on any atom is -0.391 e. The van der Waals surface area contributed by atoms with Gasteiger partial charge in [0.05, 0.1) is 12.7 Å². The lowest BCUT2D eigenvalue weighted by Gasteiger charge is -2.25. The van der Waals surface area contributed by atoms with Gasteiger partial charge >= 0.3 is 0 Å². The van der Waals surface area contributed by atoms with Gasteiger partial charge in [-0.2, -0.15) is 0 Å². The number of aromatic nitrogens is 1. The third-order valence-electron chi connectivity index (χ3n) is 4.90. The Labute approximate surface area is 168 Å². The molecule has 0 aliphatic carbocycles. The zero-order chi connectivity index (χ0) is 19.6. The predicted molar refractivity (Wildman–Crippen MR) is 113 cm³/mol. The molecule has 0 aliphatic rings. The molecular formula is C24H30N2O2. The largest absolute Gasteiger partial charge is 0.391 e. The second kappa shape index (κ2) is 10.8. The van der Waals surface area contributed by atoms with Crippen LogP contribution in [0.15, 0.2) is 79.0 Å². The number of benzene rings is 2. The van der Waals surface area contributed by atoms with Crippen molar-refractivity contribution >= 4 is 0 Å². The van der Waals surface area contributed by atoms with Crippen LogP contribution in [0.4, 0.5) is 0 Å². The molecular weight excluding hydrogens is 348 g/mol. The van der Waals surface area contributed by atoms with E-state index in [2.05, 4.69) is 64.2 Å². The zero-order valence-electron chi connectivity index (χ0n) is 16.6. The van der Waals surface area contributed by atoms with Crippen LogP contribution in [0.25, 0.3) is 0 Å². The first kappa shape index (κ1) is 20.3. The summed E-state index contributed by atoms with van der Waals surface area (Å²) in [5.74, 6) is 0. The van der Waals surface area contributed by atoms with Crippen LogP contribution in [0.2, 0.25) is 0 Å². The van der Waals surface area contributed by atoms with Crippen molar-refractivity contribution in [1.82, 2.24) is 9.47 Å². The Morgan fingerprint density at radius 2 is 1.61 bits per heavy atom. The number of hydrogen-bond acceptors (Lipinski definition) is 3. The second-order valence-electron chi connectivity index (χ2n) is 7.18. The van der Waals surface area contributed by atoms with E-state index in [0.29, 0.717) is 19.6 Å². The van der Waals surface area contributed by atoms with Crippen LogP contribution in [-0.4, -0.2) is 47.5 Å². The van der Waals surface area contributed by atoms with Gasteiger partial charge in [0, 0.05) is 45.2 Å². The maximum absolute atomic E-state index is 10.6. The van der Waals surface area contributed by atoms with Gasteiger partial charge in [-0.15, -0.1) is 0 Å². The molecule has 0 saturated heterocycles. The van der Waals surface area contributed by atoms with Crippen LogP contribution in [0.3, 0.4) is 0 Å². The number of methoxy groups -OCH3 is 1. The highest BCUT2D eigenvalue weighted by atomic mass is 16.5. The molecule has 0 amide bonds. The second-order valence-corrected chi connectivity index (χ2v) is 7.18. The Morgan fingerprint density at radius 1 is 0.929 bits per heavy atom. The topological polar surface area (TPSA) is 37.6 Å². The Balaban J connectivity index is 1.63. The molecule has 1 heterocycles. The molecule has 4 nitrogen and oxygen atoms in total. The summed E-state index contributed by atoms with van der Waals surface area (Å²) in [4.78, 5) is 2.27. The molecule has 0 fully saturated rings. The molecule has 1 aromatic heterocycles. The normalized spacial score (nSPS) is 12.4. The molecule has 0 radical (unpaired) electrons. The first-order valence-corrected chi connectivity index (χ1v) is 9.86. The van der Waals surface area contributed by atoms with E-state index >= 15 is 0 Å². The molecule has 3 rings (SSSR count). The van der Waals surface area contributed by atoms with Crippen LogP contribution >= 0.6 is 0 Å². The van der Waals surface area contributed by atoms with E-state index in [1.165, 1.54) is 11.3 Å². The van der Waals surface area contributed by atoms with Gasteiger partial charge in [-0.25, -0.2) is 0 Å². The van der Waals surface area contributed by atoms with E-state index < -0.39 is 6.10 Å². The number of hydrogen-bond donors (Lipinski definition) is 1.